The Hall–Kier alpha value is -1.28. The van der Waals surface area contributed by atoms with E-state index in [1.165, 1.54) is 6.08 Å². The largest absolute Gasteiger partial charge is 0.289 e. The summed E-state index contributed by atoms with van der Waals surface area (Å²) in [4.78, 5) is 11.9. The third-order valence-electron chi connectivity index (χ3n) is 2.44. The Balaban J connectivity index is 2.18. The zero-order valence-electron chi connectivity index (χ0n) is 9.74. The molecule has 2 aromatic carbocycles. The van der Waals surface area contributed by atoms with Crippen LogP contribution < -0.4 is 0 Å². The van der Waals surface area contributed by atoms with Crippen LogP contribution in [-0.2, 0) is 0 Å². The third kappa shape index (κ3) is 4.10. The van der Waals surface area contributed by atoms with Gasteiger partial charge in [-0.1, -0.05) is 40.9 Å². The van der Waals surface area contributed by atoms with Crippen LogP contribution in [0.15, 0.2) is 48.5 Å². The maximum absolute atomic E-state index is 11.9. The van der Waals surface area contributed by atoms with Crippen molar-refractivity contribution in [2.45, 2.75) is 0 Å². The molecule has 0 aromatic heterocycles. The highest BCUT2D eigenvalue weighted by molar-refractivity contribution is 6.34. The number of carbonyl (C=O) groups excluding carboxylic acids is 1. The summed E-state index contributed by atoms with van der Waals surface area (Å²) >= 11 is 17.5. The normalized spacial score (nSPS) is 10.9. The second-order valence-corrected chi connectivity index (χ2v) is 5.22. The quantitative estimate of drug-likeness (QED) is 0.537. The first-order chi connectivity index (χ1) is 9.04. The fourth-order valence-corrected chi connectivity index (χ4v) is 2.22. The van der Waals surface area contributed by atoms with Crippen molar-refractivity contribution in [1.82, 2.24) is 0 Å². The molecule has 96 valence electrons. The van der Waals surface area contributed by atoms with Crippen molar-refractivity contribution in [3.05, 3.63) is 74.7 Å². The second kappa shape index (κ2) is 6.25. The van der Waals surface area contributed by atoms with Gasteiger partial charge in [0.05, 0.1) is 0 Å². The number of hydrogen-bond donors (Lipinski definition) is 0. The average molecular weight is 312 g/mol. The standard InChI is InChI=1S/C15H9Cl3O/c16-12-4-2-11(3-5-12)15(19)6-1-10-7-13(17)9-14(18)8-10/h1-9H/b6-1+. The fourth-order valence-electron chi connectivity index (χ4n) is 1.55. The lowest BCUT2D eigenvalue weighted by atomic mass is 10.1. The lowest BCUT2D eigenvalue weighted by Crippen LogP contribution is -1.93. The van der Waals surface area contributed by atoms with Crippen molar-refractivity contribution in [3.63, 3.8) is 0 Å². The summed E-state index contributed by atoms with van der Waals surface area (Å²) in [5.41, 5.74) is 1.36. The van der Waals surface area contributed by atoms with Crippen molar-refractivity contribution in [2.24, 2.45) is 0 Å². The molecule has 0 spiro atoms. The van der Waals surface area contributed by atoms with Gasteiger partial charge in [0.2, 0.25) is 0 Å². The predicted molar refractivity (Wildman–Crippen MR) is 81.3 cm³/mol. The summed E-state index contributed by atoms with van der Waals surface area (Å²) in [6.45, 7) is 0. The molecule has 0 aliphatic carbocycles. The minimum Gasteiger partial charge on any atom is -0.289 e. The van der Waals surface area contributed by atoms with Crippen LogP contribution in [0.4, 0.5) is 0 Å². The van der Waals surface area contributed by atoms with Crippen LogP contribution in [0.2, 0.25) is 15.1 Å². The molecule has 0 saturated heterocycles. The zero-order valence-corrected chi connectivity index (χ0v) is 12.0. The van der Waals surface area contributed by atoms with Crippen LogP contribution in [0.5, 0.6) is 0 Å². The monoisotopic (exact) mass is 310 g/mol. The summed E-state index contributed by atoms with van der Waals surface area (Å²) in [6.07, 6.45) is 3.15. The molecule has 0 aliphatic heterocycles. The Bertz CT molecular complexity index is 610. The van der Waals surface area contributed by atoms with Gasteiger partial charge in [-0.2, -0.15) is 0 Å². The number of carbonyl (C=O) groups is 1. The van der Waals surface area contributed by atoms with Gasteiger partial charge in [-0.15, -0.1) is 0 Å². The van der Waals surface area contributed by atoms with Crippen molar-refractivity contribution in [2.75, 3.05) is 0 Å². The van der Waals surface area contributed by atoms with Gasteiger partial charge >= 0.3 is 0 Å². The number of benzene rings is 2. The van der Waals surface area contributed by atoms with E-state index in [1.807, 2.05) is 0 Å². The highest BCUT2D eigenvalue weighted by Gasteiger charge is 2.01. The number of ketones is 1. The van der Waals surface area contributed by atoms with E-state index in [9.17, 15) is 4.79 Å². The number of hydrogen-bond acceptors (Lipinski definition) is 1. The molecule has 0 bridgehead atoms. The minimum absolute atomic E-state index is 0.104. The van der Waals surface area contributed by atoms with Crippen molar-refractivity contribution in [1.29, 1.82) is 0 Å². The molecule has 1 nitrogen and oxygen atoms in total. The van der Waals surface area contributed by atoms with E-state index in [0.29, 0.717) is 20.6 Å². The first-order valence-corrected chi connectivity index (χ1v) is 6.62. The molecule has 0 heterocycles. The highest BCUT2D eigenvalue weighted by Crippen LogP contribution is 2.20. The molecule has 4 heteroatoms. The summed E-state index contributed by atoms with van der Waals surface area (Å²) in [5, 5.41) is 1.67. The maximum Gasteiger partial charge on any atom is 0.185 e. The molecular weight excluding hydrogens is 303 g/mol. The van der Waals surface area contributed by atoms with Gasteiger partial charge in [0.1, 0.15) is 0 Å². The topological polar surface area (TPSA) is 17.1 Å². The van der Waals surface area contributed by atoms with Crippen molar-refractivity contribution in [3.8, 4) is 0 Å². The molecule has 0 amide bonds. The van der Waals surface area contributed by atoms with Crippen LogP contribution >= 0.6 is 34.8 Å². The van der Waals surface area contributed by atoms with Gasteiger partial charge in [-0.05, 0) is 54.1 Å². The van der Waals surface area contributed by atoms with Gasteiger partial charge < -0.3 is 0 Å². The highest BCUT2D eigenvalue weighted by atomic mass is 35.5. The molecule has 0 saturated carbocycles. The molecule has 0 radical (unpaired) electrons. The molecule has 2 rings (SSSR count). The van der Waals surface area contributed by atoms with Crippen LogP contribution in [0.3, 0.4) is 0 Å². The van der Waals surface area contributed by atoms with Crippen molar-refractivity contribution >= 4 is 46.7 Å². The summed E-state index contributed by atoms with van der Waals surface area (Å²) in [5.74, 6) is -0.104. The predicted octanol–water partition coefficient (Wildman–Crippen LogP) is 5.54. The smallest absolute Gasteiger partial charge is 0.185 e. The first-order valence-electron chi connectivity index (χ1n) is 5.49. The second-order valence-electron chi connectivity index (χ2n) is 3.91. The van der Waals surface area contributed by atoms with E-state index in [-0.39, 0.29) is 5.78 Å². The third-order valence-corrected chi connectivity index (χ3v) is 3.13. The molecule has 19 heavy (non-hydrogen) atoms. The fraction of sp³-hybridized carbons (Fsp3) is 0. The molecular formula is C15H9Cl3O. The SMILES string of the molecule is O=C(/C=C/c1cc(Cl)cc(Cl)c1)c1ccc(Cl)cc1. The summed E-state index contributed by atoms with van der Waals surface area (Å²) in [7, 11) is 0. The minimum atomic E-state index is -0.104. The van der Waals surface area contributed by atoms with Crippen LogP contribution in [0.25, 0.3) is 6.08 Å². The van der Waals surface area contributed by atoms with Crippen LogP contribution in [0.1, 0.15) is 15.9 Å². The van der Waals surface area contributed by atoms with E-state index in [1.54, 1.807) is 48.5 Å². The van der Waals surface area contributed by atoms with Crippen LogP contribution in [-0.4, -0.2) is 5.78 Å². The average Bonchev–Trinajstić information content (AvgIpc) is 2.36. The Morgan fingerprint density at radius 3 is 2.00 bits per heavy atom. The van der Waals surface area contributed by atoms with E-state index in [4.69, 9.17) is 34.8 Å². The Kier molecular flexibility index (Phi) is 4.65. The van der Waals surface area contributed by atoms with Crippen LogP contribution in [0, 0.1) is 0 Å². The Morgan fingerprint density at radius 1 is 0.842 bits per heavy atom. The molecule has 0 N–H and O–H groups in total. The number of rotatable bonds is 3. The lowest BCUT2D eigenvalue weighted by Gasteiger charge is -1.98. The molecule has 0 fully saturated rings. The zero-order chi connectivity index (χ0) is 13.8. The van der Waals surface area contributed by atoms with E-state index < -0.39 is 0 Å². The van der Waals surface area contributed by atoms with E-state index >= 15 is 0 Å². The first kappa shape index (κ1) is 14.1. The maximum atomic E-state index is 11.9. The Labute approximate surface area is 126 Å². The summed E-state index contributed by atoms with van der Waals surface area (Å²) in [6, 6.07) is 11.8. The van der Waals surface area contributed by atoms with Gasteiger partial charge in [-0.25, -0.2) is 0 Å². The lowest BCUT2D eigenvalue weighted by molar-refractivity contribution is 0.104. The number of halogens is 3. The van der Waals surface area contributed by atoms with Gasteiger partial charge in [0.15, 0.2) is 5.78 Å². The Morgan fingerprint density at radius 2 is 1.42 bits per heavy atom. The molecule has 0 unspecified atom stereocenters. The molecule has 0 aliphatic rings. The molecule has 2 aromatic rings. The van der Waals surface area contributed by atoms with E-state index in [2.05, 4.69) is 0 Å². The number of allylic oxidation sites excluding steroid dienone is 1. The van der Waals surface area contributed by atoms with Gasteiger partial charge in [0, 0.05) is 20.6 Å². The van der Waals surface area contributed by atoms with Gasteiger partial charge in [0.25, 0.3) is 0 Å². The van der Waals surface area contributed by atoms with Crippen molar-refractivity contribution < 1.29 is 4.79 Å². The van der Waals surface area contributed by atoms with Gasteiger partial charge in [-0.3, -0.25) is 4.79 Å². The summed E-state index contributed by atoms with van der Waals surface area (Å²) < 4.78 is 0. The molecule has 0 atom stereocenters. The van der Waals surface area contributed by atoms with E-state index in [0.717, 1.165) is 5.56 Å².